The Morgan fingerprint density at radius 3 is 1.97 bits per heavy atom. The molecule has 0 saturated heterocycles. The van der Waals surface area contributed by atoms with E-state index in [0.29, 0.717) is 31.0 Å². The summed E-state index contributed by atoms with van der Waals surface area (Å²) in [5.74, 6) is -0.169. The molecule has 0 aliphatic carbocycles. The van der Waals surface area contributed by atoms with Crippen LogP contribution >= 0.6 is 0 Å². The highest BCUT2D eigenvalue weighted by atomic mass is 32.2. The number of hydrogen-bond acceptors (Lipinski definition) is 5. The van der Waals surface area contributed by atoms with E-state index in [1.807, 2.05) is 74.5 Å². The molecule has 202 valence electrons. The van der Waals surface area contributed by atoms with E-state index in [4.69, 9.17) is 4.74 Å². The molecule has 3 aromatic carbocycles. The predicted octanol–water partition coefficient (Wildman–Crippen LogP) is 3.98. The third kappa shape index (κ3) is 8.08. The van der Waals surface area contributed by atoms with Gasteiger partial charge in [-0.15, -0.1) is 0 Å². The van der Waals surface area contributed by atoms with Gasteiger partial charge in [0.05, 0.1) is 11.9 Å². The van der Waals surface area contributed by atoms with Gasteiger partial charge in [-0.3, -0.25) is 13.9 Å². The van der Waals surface area contributed by atoms with Crippen molar-refractivity contribution in [2.45, 2.75) is 39.5 Å². The van der Waals surface area contributed by atoms with E-state index in [-0.39, 0.29) is 12.5 Å². The van der Waals surface area contributed by atoms with Gasteiger partial charge in [0.15, 0.2) is 0 Å². The first-order valence-electron chi connectivity index (χ1n) is 12.6. The molecule has 0 spiro atoms. The fourth-order valence-corrected chi connectivity index (χ4v) is 4.90. The highest BCUT2D eigenvalue weighted by molar-refractivity contribution is 7.92. The van der Waals surface area contributed by atoms with Gasteiger partial charge in [0, 0.05) is 13.1 Å². The lowest BCUT2D eigenvalue weighted by molar-refractivity contribution is -0.140. The van der Waals surface area contributed by atoms with Crippen LogP contribution < -0.4 is 14.4 Å². The second-order valence-corrected chi connectivity index (χ2v) is 10.8. The van der Waals surface area contributed by atoms with Gasteiger partial charge in [-0.05, 0) is 48.7 Å². The molecule has 38 heavy (non-hydrogen) atoms. The Morgan fingerprint density at radius 1 is 0.868 bits per heavy atom. The first kappa shape index (κ1) is 28.7. The van der Waals surface area contributed by atoms with Crippen LogP contribution in [0.15, 0.2) is 84.9 Å². The van der Waals surface area contributed by atoms with Gasteiger partial charge in [-0.25, -0.2) is 8.42 Å². The summed E-state index contributed by atoms with van der Waals surface area (Å²) >= 11 is 0. The summed E-state index contributed by atoms with van der Waals surface area (Å²) in [5.41, 5.74) is 2.18. The number of nitrogens with zero attached hydrogens (tertiary/aromatic N) is 2. The zero-order chi connectivity index (χ0) is 27.5. The molecule has 0 radical (unpaired) electrons. The highest BCUT2D eigenvalue weighted by Gasteiger charge is 2.31. The number of carbonyl (C=O) groups excluding carboxylic acids is 2. The normalized spacial score (nSPS) is 11.9. The maximum absolute atomic E-state index is 13.6. The molecule has 0 aliphatic heterocycles. The van der Waals surface area contributed by atoms with Crippen molar-refractivity contribution in [3.05, 3.63) is 96.1 Å². The van der Waals surface area contributed by atoms with Gasteiger partial charge >= 0.3 is 0 Å². The minimum Gasteiger partial charge on any atom is -0.489 e. The second kappa shape index (κ2) is 13.6. The lowest BCUT2D eigenvalue weighted by Gasteiger charge is -2.32. The summed E-state index contributed by atoms with van der Waals surface area (Å²) in [4.78, 5) is 27.9. The maximum Gasteiger partial charge on any atom is 0.244 e. The van der Waals surface area contributed by atoms with Crippen LogP contribution in [0.25, 0.3) is 0 Å². The number of nitrogens with one attached hydrogen (secondary N) is 1. The number of sulfonamides is 1. The van der Waals surface area contributed by atoms with Crippen molar-refractivity contribution in [1.82, 2.24) is 10.2 Å². The Labute approximate surface area is 225 Å². The summed E-state index contributed by atoms with van der Waals surface area (Å²) in [7, 11) is -3.81. The first-order valence-corrected chi connectivity index (χ1v) is 14.4. The van der Waals surface area contributed by atoms with Crippen LogP contribution in [0, 0.1) is 0 Å². The van der Waals surface area contributed by atoms with E-state index in [2.05, 4.69) is 5.32 Å². The Bertz CT molecular complexity index is 1280. The molecule has 2 amide bonds. The molecule has 0 fully saturated rings. The topological polar surface area (TPSA) is 96.0 Å². The number of carbonyl (C=O) groups is 2. The summed E-state index contributed by atoms with van der Waals surface area (Å²) in [6, 6.07) is 24.8. The van der Waals surface area contributed by atoms with Crippen molar-refractivity contribution in [2.24, 2.45) is 0 Å². The quantitative estimate of drug-likeness (QED) is 0.356. The minimum absolute atomic E-state index is 0.180. The zero-order valence-electron chi connectivity index (χ0n) is 22.0. The molecule has 8 nitrogen and oxygen atoms in total. The van der Waals surface area contributed by atoms with Crippen LogP contribution in [-0.2, 0) is 32.8 Å². The number of ether oxygens (including phenoxy) is 1. The summed E-state index contributed by atoms with van der Waals surface area (Å²) in [5, 5.41) is 2.78. The molecule has 3 aromatic rings. The van der Waals surface area contributed by atoms with Crippen LogP contribution in [0.2, 0.25) is 0 Å². The average Bonchev–Trinajstić information content (AvgIpc) is 2.91. The number of benzene rings is 3. The van der Waals surface area contributed by atoms with Crippen molar-refractivity contribution in [1.29, 1.82) is 0 Å². The van der Waals surface area contributed by atoms with Crippen molar-refractivity contribution in [3.63, 3.8) is 0 Å². The molecule has 9 heteroatoms. The lowest BCUT2D eigenvalue weighted by Crippen LogP contribution is -2.52. The molecular weight excluding hydrogens is 502 g/mol. The van der Waals surface area contributed by atoms with Crippen molar-refractivity contribution < 1.29 is 22.7 Å². The molecule has 0 bridgehead atoms. The number of anilines is 1. The molecule has 0 unspecified atom stereocenters. The third-order valence-corrected chi connectivity index (χ3v) is 7.13. The summed E-state index contributed by atoms with van der Waals surface area (Å²) < 4.78 is 32.4. The van der Waals surface area contributed by atoms with E-state index in [0.717, 1.165) is 21.7 Å². The molecule has 0 aliphatic rings. The fourth-order valence-electron chi connectivity index (χ4n) is 4.05. The van der Waals surface area contributed by atoms with Crippen molar-refractivity contribution in [3.8, 4) is 5.75 Å². The van der Waals surface area contributed by atoms with Gasteiger partial charge in [0.1, 0.15) is 24.9 Å². The van der Waals surface area contributed by atoms with Crippen LogP contribution in [-0.4, -0.2) is 50.5 Å². The molecule has 1 atom stereocenters. The minimum atomic E-state index is -3.81. The summed E-state index contributed by atoms with van der Waals surface area (Å²) in [6.45, 7) is 4.18. The van der Waals surface area contributed by atoms with E-state index in [1.54, 1.807) is 24.3 Å². The molecule has 0 saturated carbocycles. The van der Waals surface area contributed by atoms with Gasteiger partial charge in [-0.2, -0.15) is 0 Å². The van der Waals surface area contributed by atoms with Crippen molar-refractivity contribution in [2.75, 3.05) is 23.7 Å². The van der Waals surface area contributed by atoms with E-state index in [1.165, 1.54) is 4.90 Å². The molecular formula is C29H35N3O5S. The fraction of sp³-hybridized carbons (Fsp3) is 0.310. The van der Waals surface area contributed by atoms with Crippen LogP contribution in [0.3, 0.4) is 0 Å². The Kier molecular flexibility index (Phi) is 10.3. The molecule has 3 rings (SSSR count). The van der Waals surface area contributed by atoms with E-state index < -0.39 is 28.5 Å². The number of hydrogen-bond donors (Lipinski definition) is 1. The predicted molar refractivity (Wildman–Crippen MR) is 149 cm³/mol. The lowest BCUT2D eigenvalue weighted by atomic mass is 10.1. The van der Waals surface area contributed by atoms with Gasteiger partial charge < -0.3 is 15.0 Å². The van der Waals surface area contributed by atoms with Crippen LogP contribution in [0.5, 0.6) is 5.75 Å². The molecule has 1 N–H and O–H groups in total. The Morgan fingerprint density at radius 2 is 1.45 bits per heavy atom. The van der Waals surface area contributed by atoms with Crippen molar-refractivity contribution >= 4 is 27.5 Å². The maximum atomic E-state index is 13.6. The standard InChI is InChI=1S/C29H35N3O5S/c1-4-27(29(34)30-5-2)31(20-23-12-8-6-9-13-23)28(33)21-32(38(3,35)36)25-16-18-26(19-17-25)37-22-24-14-10-7-11-15-24/h6-19,27H,4-5,20-22H2,1-3H3,(H,30,34)/t27-/m0/s1. The number of amides is 2. The summed E-state index contributed by atoms with van der Waals surface area (Å²) in [6.07, 6.45) is 1.44. The zero-order valence-corrected chi connectivity index (χ0v) is 22.9. The SMILES string of the molecule is CCNC(=O)[C@H](CC)N(Cc1ccccc1)C(=O)CN(c1ccc(OCc2ccccc2)cc1)S(C)(=O)=O. The highest BCUT2D eigenvalue weighted by Crippen LogP contribution is 2.23. The Hall–Kier alpha value is -3.85. The largest absolute Gasteiger partial charge is 0.489 e. The van der Waals surface area contributed by atoms with Gasteiger partial charge in [0.2, 0.25) is 21.8 Å². The number of likely N-dealkylation sites (N-methyl/N-ethyl adjacent to an activating group) is 1. The van der Waals surface area contributed by atoms with E-state index in [9.17, 15) is 18.0 Å². The molecule has 0 heterocycles. The third-order valence-electron chi connectivity index (χ3n) is 5.98. The average molecular weight is 538 g/mol. The number of rotatable bonds is 13. The first-order chi connectivity index (χ1) is 18.2. The Balaban J connectivity index is 1.82. The van der Waals surface area contributed by atoms with Gasteiger partial charge in [0.25, 0.3) is 0 Å². The van der Waals surface area contributed by atoms with Gasteiger partial charge in [-0.1, -0.05) is 67.6 Å². The molecule has 0 aromatic heterocycles. The van der Waals surface area contributed by atoms with Crippen LogP contribution in [0.1, 0.15) is 31.4 Å². The smallest absolute Gasteiger partial charge is 0.244 e. The monoisotopic (exact) mass is 537 g/mol. The van der Waals surface area contributed by atoms with Crippen LogP contribution in [0.4, 0.5) is 5.69 Å². The second-order valence-electron chi connectivity index (χ2n) is 8.86. The van der Waals surface area contributed by atoms with E-state index >= 15 is 0 Å².